The molecule has 0 aliphatic rings. The van der Waals surface area contributed by atoms with E-state index < -0.39 is 0 Å². The number of hydrogen-bond acceptors (Lipinski definition) is 2. The van der Waals surface area contributed by atoms with Crippen LogP contribution in [0.2, 0.25) is 0 Å². The highest BCUT2D eigenvalue weighted by molar-refractivity contribution is 5.83. The van der Waals surface area contributed by atoms with Crippen LogP contribution < -0.4 is 0 Å². The molecule has 0 saturated carbocycles. The zero-order valence-electron chi connectivity index (χ0n) is 7.07. The Balaban J connectivity index is 2.89. The molecule has 3 heteroatoms. The molecule has 0 amide bonds. The van der Waals surface area contributed by atoms with Crippen LogP contribution in [0.15, 0.2) is 18.3 Å². The van der Waals surface area contributed by atoms with Crippen molar-refractivity contribution in [2.45, 2.75) is 6.92 Å². The van der Waals surface area contributed by atoms with Gasteiger partial charge in [-0.15, -0.1) is 0 Å². The number of hydrogen-bond donors (Lipinski definition) is 1. The van der Waals surface area contributed by atoms with Gasteiger partial charge in [-0.3, -0.25) is 4.68 Å². The third kappa shape index (κ3) is 0.863. The van der Waals surface area contributed by atoms with Crippen molar-refractivity contribution >= 4 is 10.9 Å². The van der Waals surface area contributed by atoms with Gasteiger partial charge in [-0.1, -0.05) is 0 Å². The lowest BCUT2D eigenvalue weighted by Gasteiger charge is -1.96. The number of aromatic hydroxyl groups is 1. The van der Waals surface area contributed by atoms with E-state index in [2.05, 4.69) is 5.10 Å². The molecular formula is C9H10N2O. The van der Waals surface area contributed by atoms with Crippen molar-refractivity contribution in [3.8, 4) is 5.75 Å². The SMILES string of the molecule is Cc1c(O)ccc2cn(C)nc12. The van der Waals surface area contributed by atoms with E-state index in [-0.39, 0.29) is 0 Å². The Hall–Kier alpha value is -1.51. The van der Waals surface area contributed by atoms with Gasteiger partial charge in [0.15, 0.2) is 0 Å². The molecule has 1 N–H and O–H groups in total. The second-order valence-corrected chi connectivity index (χ2v) is 2.95. The number of aromatic nitrogens is 2. The van der Waals surface area contributed by atoms with Crippen LogP contribution in [0.3, 0.4) is 0 Å². The van der Waals surface area contributed by atoms with E-state index in [4.69, 9.17) is 0 Å². The zero-order chi connectivity index (χ0) is 8.72. The molecule has 0 bridgehead atoms. The second-order valence-electron chi connectivity index (χ2n) is 2.95. The van der Waals surface area contributed by atoms with Crippen molar-refractivity contribution in [3.63, 3.8) is 0 Å². The predicted molar refractivity (Wildman–Crippen MR) is 47.1 cm³/mol. The first kappa shape index (κ1) is 7.16. The minimum Gasteiger partial charge on any atom is -0.508 e. The average Bonchev–Trinajstić information content (AvgIpc) is 2.39. The van der Waals surface area contributed by atoms with E-state index in [0.717, 1.165) is 16.5 Å². The van der Waals surface area contributed by atoms with Crippen molar-refractivity contribution in [2.24, 2.45) is 7.05 Å². The van der Waals surface area contributed by atoms with E-state index in [0.29, 0.717) is 5.75 Å². The molecule has 0 saturated heterocycles. The first-order valence-corrected chi connectivity index (χ1v) is 3.80. The molecule has 1 heterocycles. The molecular weight excluding hydrogens is 152 g/mol. The van der Waals surface area contributed by atoms with Crippen LogP contribution in [0.4, 0.5) is 0 Å². The maximum atomic E-state index is 9.38. The zero-order valence-corrected chi connectivity index (χ0v) is 7.07. The molecule has 0 unspecified atom stereocenters. The highest BCUT2D eigenvalue weighted by Crippen LogP contribution is 2.24. The monoisotopic (exact) mass is 162 g/mol. The molecule has 2 rings (SSSR count). The maximum absolute atomic E-state index is 9.38. The highest BCUT2D eigenvalue weighted by Gasteiger charge is 2.04. The number of nitrogens with zero attached hydrogens (tertiary/aromatic N) is 2. The Morgan fingerprint density at radius 1 is 1.42 bits per heavy atom. The Morgan fingerprint density at radius 2 is 2.17 bits per heavy atom. The summed E-state index contributed by atoms with van der Waals surface area (Å²) in [6.07, 6.45) is 1.93. The van der Waals surface area contributed by atoms with Crippen molar-refractivity contribution in [1.29, 1.82) is 0 Å². The Bertz CT molecular complexity index is 431. The Labute approximate surface area is 70.2 Å². The minimum absolute atomic E-state index is 0.307. The topological polar surface area (TPSA) is 38.0 Å². The quantitative estimate of drug-likeness (QED) is 0.638. The lowest BCUT2D eigenvalue weighted by Crippen LogP contribution is -1.86. The van der Waals surface area contributed by atoms with E-state index in [1.807, 2.05) is 26.2 Å². The molecule has 2 aromatic rings. The van der Waals surface area contributed by atoms with Crippen molar-refractivity contribution in [2.75, 3.05) is 0 Å². The van der Waals surface area contributed by atoms with E-state index in [1.54, 1.807) is 10.7 Å². The van der Waals surface area contributed by atoms with Crippen molar-refractivity contribution in [1.82, 2.24) is 9.78 Å². The van der Waals surface area contributed by atoms with Gasteiger partial charge in [-0.05, 0) is 19.1 Å². The van der Waals surface area contributed by atoms with Gasteiger partial charge < -0.3 is 5.11 Å². The summed E-state index contributed by atoms with van der Waals surface area (Å²) in [5.74, 6) is 0.307. The molecule has 1 aromatic heterocycles. The molecule has 0 fully saturated rings. The van der Waals surface area contributed by atoms with Gasteiger partial charge in [0.1, 0.15) is 5.75 Å². The van der Waals surface area contributed by atoms with E-state index in [1.165, 1.54) is 0 Å². The lowest BCUT2D eigenvalue weighted by atomic mass is 10.1. The number of phenols is 1. The first-order valence-electron chi connectivity index (χ1n) is 3.80. The lowest BCUT2D eigenvalue weighted by molar-refractivity contribution is 0.472. The van der Waals surface area contributed by atoms with Gasteiger partial charge >= 0.3 is 0 Å². The number of aryl methyl sites for hydroxylation is 2. The van der Waals surface area contributed by atoms with Crippen LogP contribution in [0, 0.1) is 6.92 Å². The van der Waals surface area contributed by atoms with Gasteiger partial charge in [0.05, 0.1) is 5.52 Å². The molecule has 0 radical (unpaired) electrons. The number of benzene rings is 1. The summed E-state index contributed by atoms with van der Waals surface area (Å²) in [5, 5.41) is 14.7. The third-order valence-electron chi connectivity index (χ3n) is 2.02. The fourth-order valence-electron chi connectivity index (χ4n) is 1.34. The smallest absolute Gasteiger partial charge is 0.120 e. The molecule has 3 nitrogen and oxygen atoms in total. The summed E-state index contributed by atoms with van der Waals surface area (Å²) in [4.78, 5) is 0. The second kappa shape index (κ2) is 2.24. The Morgan fingerprint density at radius 3 is 2.92 bits per heavy atom. The summed E-state index contributed by atoms with van der Waals surface area (Å²) in [6.45, 7) is 1.87. The van der Waals surface area contributed by atoms with Crippen LogP contribution in [0.25, 0.3) is 10.9 Å². The largest absolute Gasteiger partial charge is 0.508 e. The average molecular weight is 162 g/mol. The molecule has 0 aliphatic heterocycles. The molecule has 0 atom stereocenters. The Kier molecular flexibility index (Phi) is 1.33. The van der Waals surface area contributed by atoms with Gasteiger partial charge in [0, 0.05) is 24.2 Å². The summed E-state index contributed by atoms with van der Waals surface area (Å²) < 4.78 is 1.75. The molecule has 12 heavy (non-hydrogen) atoms. The van der Waals surface area contributed by atoms with Crippen LogP contribution in [-0.4, -0.2) is 14.9 Å². The summed E-state index contributed by atoms with van der Waals surface area (Å²) in [5.41, 5.74) is 1.71. The van der Waals surface area contributed by atoms with Gasteiger partial charge in [-0.25, -0.2) is 0 Å². The molecule has 0 spiro atoms. The maximum Gasteiger partial charge on any atom is 0.120 e. The van der Waals surface area contributed by atoms with E-state index in [9.17, 15) is 5.11 Å². The van der Waals surface area contributed by atoms with Crippen molar-refractivity contribution < 1.29 is 5.11 Å². The fraction of sp³-hybridized carbons (Fsp3) is 0.222. The van der Waals surface area contributed by atoms with Crippen LogP contribution in [0.1, 0.15) is 5.56 Å². The van der Waals surface area contributed by atoms with Crippen LogP contribution in [-0.2, 0) is 7.05 Å². The van der Waals surface area contributed by atoms with Gasteiger partial charge in [0.25, 0.3) is 0 Å². The summed E-state index contributed by atoms with van der Waals surface area (Å²) in [6, 6.07) is 3.56. The highest BCUT2D eigenvalue weighted by atomic mass is 16.3. The number of rotatable bonds is 0. The summed E-state index contributed by atoms with van der Waals surface area (Å²) in [7, 11) is 1.87. The van der Waals surface area contributed by atoms with Crippen LogP contribution >= 0.6 is 0 Å². The number of fused-ring (bicyclic) bond motifs is 1. The van der Waals surface area contributed by atoms with Crippen molar-refractivity contribution in [3.05, 3.63) is 23.9 Å². The third-order valence-corrected chi connectivity index (χ3v) is 2.02. The normalized spacial score (nSPS) is 10.8. The number of phenolic OH excluding ortho intramolecular Hbond substituents is 1. The van der Waals surface area contributed by atoms with E-state index >= 15 is 0 Å². The first-order chi connectivity index (χ1) is 5.68. The molecule has 62 valence electrons. The summed E-state index contributed by atoms with van der Waals surface area (Å²) >= 11 is 0. The van der Waals surface area contributed by atoms with Gasteiger partial charge in [0.2, 0.25) is 0 Å². The van der Waals surface area contributed by atoms with Crippen LogP contribution in [0.5, 0.6) is 5.75 Å². The molecule has 1 aromatic carbocycles. The van der Waals surface area contributed by atoms with Gasteiger partial charge in [-0.2, -0.15) is 5.10 Å². The fourth-order valence-corrected chi connectivity index (χ4v) is 1.34. The molecule has 0 aliphatic carbocycles. The minimum atomic E-state index is 0.307. The standard InChI is InChI=1S/C9H10N2O/c1-6-8(12)4-3-7-5-11(2)10-9(6)7/h3-5,12H,1-2H3. The predicted octanol–water partition coefficient (Wildman–Crippen LogP) is 1.59.